The molecule has 1 aliphatic carbocycles. The zero-order valence-corrected chi connectivity index (χ0v) is 14.3. The molecule has 1 aliphatic rings. The molecule has 3 N–H and O–H groups in total. The standard InChI is InChI=1S/C16H27N3OS/c1-10(15-19-13(9-21-15)16(2,3)4)18-14(20)12-7-5-6-11(12)8-17/h9-12H,5-8,17H2,1-4H3,(H,18,20)/t10?,11-,12-/m1/s1. The van der Waals surface area contributed by atoms with Gasteiger partial charge in [-0.2, -0.15) is 0 Å². The van der Waals surface area contributed by atoms with Crippen molar-refractivity contribution < 1.29 is 4.79 Å². The molecule has 1 aromatic rings. The Hall–Kier alpha value is -0.940. The number of nitrogens with two attached hydrogens (primary N) is 1. The van der Waals surface area contributed by atoms with Crippen molar-refractivity contribution in [2.45, 2.75) is 58.4 Å². The summed E-state index contributed by atoms with van der Waals surface area (Å²) in [5.41, 5.74) is 6.90. The summed E-state index contributed by atoms with van der Waals surface area (Å²) in [7, 11) is 0. The summed E-state index contributed by atoms with van der Waals surface area (Å²) in [4.78, 5) is 17.1. The van der Waals surface area contributed by atoms with Gasteiger partial charge in [0.2, 0.25) is 5.91 Å². The number of thiazole rings is 1. The second-order valence-corrected chi connectivity index (χ2v) is 7.97. The minimum Gasteiger partial charge on any atom is -0.347 e. The Bertz CT molecular complexity index is 492. The van der Waals surface area contributed by atoms with Gasteiger partial charge in [-0.1, -0.05) is 27.2 Å². The first kappa shape index (κ1) is 16.4. The molecule has 1 saturated carbocycles. The maximum atomic E-state index is 12.4. The van der Waals surface area contributed by atoms with Crippen LogP contribution in [-0.2, 0) is 10.2 Å². The quantitative estimate of drug-likeness (QED) is 0.898. The van der Waals surface area contributed by atoms with Crippen LogP contribution >= 0.6 is 11.3 Å². The van der Waals surface area contributed by atoms with E-state index < -0.39 is 0 Å². The third-order valence-corrected chi connectivity index (χ3v) is 5.35. The molecule has 2 rings (SSSR count). The maximum Gasteiger partial charge on any atom is 0.223 e. The monoisotopic (exact) mass is 309 g/mol. The number of carbonyl (C=O) groups excluding carboxylic acids is 1. The van der Waals surface area contributed by atoms with Gasteiger partial charge in [0.15, 0.2) is 0 Å². The molecule has 1 fully saturated rings. The molecule has 1 heterocycles. The SMILES string of the molecule is CC(NC(=O)[C@@H]1CCC[C@@H]1CN)c1nc(C(C)(C)C)cs1. The summed E-state index contributed by atoms with van der Waals surface area (Å²) in [5.74, 6) is 0.570. The van der Waals surface area contributed by atoms with Gasteiger partial charge < -0.3 is 11.1 Å². The van der Waals surface area contributed by atoms with Crippen LogP contribution in [0, 0.1) is 11.8 Å². The van der Waals surface area contributed by atoms with Gasteiger partial charge in [-0.15, -0.1) is 11.3 Å². The Morgan fingerprint density at radius 1 is 1.52 bits per heavy atom. The number of aromatic nitrogens is 1. The fraction of sp³-hybridized carbons (Fsp3) is 0.750. The summed E-state index contributed by atoms with van der Waals surface area (Å²) in [6, 6.07) is -0.0300. The van der Waals surface area contributed by atoms with Crippen LogP contribution in [-0.4, -0.2) is 17.4 Å². The summed E-state index contributed by atoms with van der Waals surface area (Å²) >= 11 is 1.63. The first-order valence-corrected chi connectivity index (χ1v) is 8.67. The molecule has 21 heavy (non-hydrogen) atoms. The van der Waals surface area contributed by atoms with Crippen molar-refractivity contribution in [2.24, 2.45) is 17.6 Å². The first-order chi connectivity index (χ1) is 9.82. The van der Waals surface area contributed by atoms with E-state index in [0.717, 1.165) is 30.0 Å². The van der Waals surface area contributed by atoms with Crippen molar-refractivity contribution in [1.82, 2.24) is 10.3 Å². The number of rotatable bonds is 4. The summed E-state index contributed by atoms with van der Waals surface area (Å²) in [5, 5.41) is 6.20. The molecule has 3 atom stereocenters. The van der Waals surface area contributed by atoms with Gasteiger partial charge in [-0.05, 0) is 32.2 Å². The Kier molecular flexibility index (Phi) is 5.04. The summed E-state index contributed by atoms with van der Waals surface area (Å²) in [6.07, 6.45) is 3.15. The molecule has 0 bridgehead atoms. The van der Waals surface area contributed by atoms with Crippen LogP contribution in [0.2, 0.25) is 0 Å². The normalized spacial score (nSPS) is 24.0. The third-order valence-electron chi connectivity index (χ3n) is 4.32. The Morgan fingerprint density at radius 2 is 2.24 bits per heavy atom. The predicted molar refractivity (Wildman–Crippen MR) is 87.3 cm³/mol. The zero-order chi connectivity index (χ0) is 15.6. The second kappa shape index (κ2) is 6.44. The number of amides is 1. The molecule has 0 aromatic carbocycles. The van der Waals surface area contributed by atoms with Crippen LogP contribution in [0.3, 0.4) is 0 Å². The highest BCUT2D eigenvalue weighted by Gasteiger charge is 2.32. The fourth-order valence-corrected chi connectivity index (χ4v) is 3.93. The van der Waals surface area contributed by atoms with E-state index in [-0.39, 0.29) is 23.3 Å². The van der Waals surface area contributed by atoms with E-state index in [0.29, 0.717) is 12.5 Å². The average Bonchev–Trinajstić information content (AvgIpc) is 3.06. The molecule has 0 aliphatic heterocycles. The van der Waals surface area contributed by atoms with Crippen LogP contribution in [0.4, 0.5) is 0 Å². The van der Waals surface area contributed by atoms with Crippen molar-refractivity contribution in [3.8, 4) is 0 Å². The lowest BCUT2D eigenvalue weighted by atomic mass is 9.93. The van der Waals surface area contributed by atoms with Gasteiger partial charge >= 0.3 is 0 Å². The average molecular weight is 309 g/mol. The van der Waals surface area contributed by atoms with Crippen LogP contribution in [0.5, 0.6) is 0 Å². The predicted octanol–water partition coefficient (Wildman–Crippen LogP) is 2.99. The molecule has 1 amide bonds. The Labute approximate surface area is 131 Å². The van der Waals surface area contributed by atoms with Gasteiger partial charge in [-0.3, -0.25) is 4.79 Å². The molecule has 5 heteroatoms. The van der Waals surface area contributed by atoms with Gasteiger partial charge in [-0.25, -0.2) is 4.98 Å². The minimum absolute atomic E-state index is 0.0300. The molecular weight excluding hydrogens is 282 g/mol. The summed E-state index contributed by atoms with van der Waals surface area (Å²) in [6.45, 7) is 9.08. The lowest BCUT2D eigenvalue weighted by Gasteiger charge is -2.20. The Morgan fingerprint density at radius 3 is 2.81 bits per heavy atom. The molecule has 1 aromatic heterocycles. The topological polar surface area (TPSA) is 68.0 Å². The van der Waals surface area contributed by atoms with Crippen molar-refractivity contribution in [3.63, 3.8) is 0 Å². The van der Waals surface area contributed by atoms with Crippen molar-refractivity contribution in [1.29, 1.82) is 0 Å². The number of nitrogens with one attached hydrogen (secondary N) is 1. The molecule has 118 valence electrons. The van der Waals surface area contributed by atoms with E-state index >= 15 is 0 Å². The molecule has 4 nitrogen and oxygen atoms in total. The first-order valence-electron chi connectivity index (χ1n) is 7.79. The highest BCUT2D eigenvalue weighted by Crippen LogP contribution is 2.32. The number of hydrogen-bond donors (Lipinski definition) is 2. The largest absolute Gasteiger partial charge is 0.347 e. The number of nitrogens with zero attached hydrogens (tertiary/aromatic N) is 1. The number of hydrogen-bond acceptors (Lipinski definition) is 4. The van der Waals surface area contributed by atoms with Crippen LogP contribution in [0.15, 0.2) is 5.38 Å². The lowest BCUT2D eigenvalue weighted by molar-refractivity contribution is -0.126. The Balaban J connectivity index is 1.99. The van der Waals surface area contributed by atoms with Crippen molar-refractivity contribution in [3.05, 3.63) is 16.1 Å². The van der Waals surface area contributed by atoms with Crippen molar-refractivity contribution in [2.75, 3.05) is 6.54 Å². The molecule has 0 saturated heterocycles. The van der Waals surface area contributed by atoms with E-state index in [1.54, 1.807) is 11.3 Å². The highest BCUT2D eigenvalue weighted by molar-refractivity contribution is 7.09. The molecule has 0 spiro atoms. The number of carbonyl (C=O) groups is 1. The maximum absolute atomic E-state index is 12.4. The second-order valence-electron chi connectivity index (χ2n) is 7.08. The van der Waals surface area contributed by atoms with E-state index in [4.69, 9.17) is 5.73 Å². The molecule has 1 unspecified atom stereocenters. The smallest absolute Gasteiger partial charge is 0.223 e. The zero-order valence-electron chi connectivity index (χ0n) is 13.5. The van der Waals surface area contributed by atoms with Crippen LogP contribution < -0.4 is 11.1 Å². The summed E-state index contributed by atoms with van der Waals surface area (Å²) < 4.78 is 0. The van der Waals surface area contributed by atoms with E-state index in [2.05, 4.69) is 36.5 Å². The highest BCUT2D eigenvalue weighted by atomic mass is 32.1. The fourth-order valence-electron chi connectivity index (χ4n) is 2.88. The van der Waals surface area contributed by atoms with E-state index in [9.17, 15) is 4.79 Å². The molecule has 0 radical (unpaired) electrons. The van der Waals surface area contributed by atoms with Crippen LogP contribution in [0.25, 0.3) is 0 Å². The van der Waals surface area contributed by atoms with Gasteiger partial charge in [0.05, 0.1) is 11.7 Å². The van der Waals surface area contributed by atoms with E-state index in [1.807, 2.05) is 6.92 Å². The third kappa shape index (κ3) is 3.83. The minimum atomic E-state index is -0.0300. The van der Waals surface area contributed by atoms with E-state index in [1.165, 1.54) is 0 Å². The molecular formula is C16H27N3OS. The van der Waals surface area contributed by atoms with Gasteiger partial charge in [0.25, 0.3) is 0 Å². The van der Waals surface area contributed by atoms with Crippen molar-refractivity contribution >= 4 is 17.2 Å². The lowest BCUT2D eigenvalue weighted by Crippen LogP contribution is -2.36. The van der Waals surface area contributed by atoms with Gasteiger partial charge in [0.1, 0.15) is 5.01 Å². The van der Waals surface area contributed by atoms with Crippen LogP contribution in [0.1, 0.15) is 63.7 Å². The van der Waals surface area contributed by atoms with Gasteiger partial charge in [0, 0.05) is 16.7 Å².